The van der Waals surface area contributed by atoms with E-state index in [-0.39, 0.29) is 5.91 Å². The van der Waals surface area contributed by atoms with Gasteiger partial charge in [-0.1, -0.05) is 12.6 Å². The zero-order chi connectivity index (χ0) is 23.0. The number of aromatic amines is 1. The smallest absolute Gasteiger partial charge is 0.247 e. The standard InChI is InChI=1S/C24H26N6O3/c1-3-21(31)26-17-5-4-6-18(15-17)27-23-20-11-12-25-22(20)29-24(30-23)28-16-7-9-19(10-8-16)33-14-13-32-2/h3-12,15,24-25,28-29H,1,13-14H2,2H3,(H,26,31)(H,27,30). The third-order valence-corrected chi connectivity index (χ3v) is 4.83. The van der Waals surface area contributed by atoms with Crippen molar-refractivity contribution < 1.29 is 14.3 Å². The predicted octanol–water partition coefficient (Wildman–Crippen LogP) is 3.84. The molecular formula is C24H26N6O3. The third kappa shape index (κ3) is 5.72. The fraction of sp³-hybridized carbons (Fsp3) is 0.167. The summed E-state index contributed by atoms with van der Waals surface area (Å²) in [5.41, 5.74) is 3.26. The molecule has 1 unspecified atom stereocenters. The van der Waals surface area contributed by atoms with Crippen LogP contribution >= 0.6 is 0 Å². The summed E-state index contributed by atoms with van der Waals surface area (Å²) in [5.74, 6) is 2.05. The fourth-order valence-electron chi connectivity index (χ4n) is 3.27. The van der Waals surface area contributed by atoms with Crippen LogP contribution < -0.4 is 26.0 Å². The molecule has 1 aromatic heterocycles. The Hall–Kier alpha value is -4.24. The van der Waals surface area contributed by atoms with Crippen molar-refractivity contribution in [3.63, 3.8) is 0 Å². The summed E-state index contributed by atoms with van der Waals surface area (Å²) in [4.78, 5) is 19.6. The predicted molar refractivity (Wildman–Crippen MR) is 131 cm³/mol. The van der Waals surface area contributed by atoms with E-state index in [4.69, 9.17) is 14.5 Å². The highest BCUT2D eigenvalue weighted by Gasteiger charge is 2.21. The minimum atomic E-state index is -0.400. The number of fused-ring (bicyclic) bond motifs is 1. The number of hydrogen-bond acceptors (Lipinski definition) is 7. The number of carbonyl (C=O) groups is 1. The first-order valence-electron chi connectivity index (χ1n) is 10.5. The first kappa shape index (κ1) is 22.0. The second-order valence-corrected chi connectivity index (χ2v) is 7.20. The van der Waals surface area contributed by atoms with Crippen LogP contribution in [0.1, 0.15) is 5.56 Å². The Morgan fingerprint density at radius 2 is 1.94 bits per heavy atom. The normalized spacial score (nSPS) is 14.3. The van der Waals surface area contributed by atoms with Gasteiger partial charge in [0.05, 0.1) is 12.2 Å². The second-order valence-electron chi connectivity index (χ2n) is 7.20. The summed E-state index contributed by atoms with van der Waals surface area (Å²) < 4.78 is 10.6. The lowest BCUT2D eigenvalue weighted by Gasteiger charge is -2.25. The van der Waals surface area contributed by atoms with Crippen molar-refractivity contribution in [1.29, 1.82) is 0 Å². The van der Waals surface area contributed by atoms with E-state index in [1.165, 1.54) is 6.08 Å². The largest absolute Gasteiger partial charge is 0.491 e. The topological polar surface area (TPSA) is 112 Å². The maximum Gasteiger partial charge on any atom is 0.247 e. The van der Waals surface area contributed by atoms with Gasteiger partial charge in [0.1, 0.15) is 24.0 Å². The fourth-order valence-corrected chi connectivity index (χ4v) is 3.27. The number of amides is 1. The molecule has 9 heteroatoms. The highest BCUT2D eigenvalue weighted by Crippen LogP contribution is 2.25. The van der Waals surface area contributed by atoms with Crippen molar-refractivity contribution in [2.45, 2.75) is 6.29 Å². The monoisotopic (exact) mass is 446 g/mol. The van der Waals surface area contributed by atoms with Gasteiger partial charge in [0, 0.05) is 30.4 Å². The van der Waals surface area contributed by atoms with Gasteiger partial charge in [-0.25, -0.2) is 4.99 Å². The van der Waals surface area contributed by atoms with Gasteiger partial charge in [-0.3, -0.25) is 4.79 Å². The Labute approximate surface area is 191 Å². The van der Waals surface area contributed by atoms with E-state index < -0.39 is 6.29 Å². The number of nitrogens with one attached hydrogen (secondary N) is 5. The molecule has 0 spiro atoms. The molecule has 4 rings (SSSR count). The lowest BCUT2D eigenvalue weighted by molar-refractivity contribution is -0.111. The molecule has 2 heterocycles. The molecule has 2 aromatic carbocycles. The van der Waals surface area contributed by atoms with Crippen molar-refractivity contribution >= 4 is 34.6 Å². The van der Waals surface area contributed by atoms with Crippen LogP contribution in [0.25, 0.3) is 0 Å². The molecule has 5 N–H and O–H groups in total. The Morgan fingerprint density at radius 3 is 2.73 bits per heavy atom. The number of aliphatic imine (C=N–C) groups is 1. The summed E-state index contributed by atoms with van der Waals surface area (Å²) >= 11 is 0. The van der Waals surface area contributed by atoms with Crippen molar-refractivity contribution in [2.24, 2.45) is 4.99 Å². The number of carbonyl (C=O) groups excluding carboxylic acids is 1. The molecule has 0 aliphatic carbocycles. The van der Waals surface area contributed by atoms with Crippen molar-refractivity contribution in [2.75, 3.05) is 41.6 Å². The molecule has 1 atom stereocenters. The van der Waals surface area contributed by atoms with Gasteiger partial charge in [0.15, 0.2) is 6.29 Å². The molecule has 9 nitrogen and oxygen atoms in total. The van der Waals surface area contributed by atoms with E-state index in [0.29, 0.717) is 24.7 Å². The second kappa shape index (κ2) is 10.4. The van der Waals surface area contributed by atoms with E-state index in [1.54, 1.807) is 7.11 Å². The number of H-pyrrole nitrogens is 1. The molecule has 0 radical (unpaired) electrons. The minimum Gasteiger partial charge on any atom is -0.491 e. The summed E-state index contributed by atoms with van der Waals surface area (Å²) in [5, 5.41) is 12.8. The van der Waals surface area contributed by atoms with E-state index in [9.17, 15) is 4.79 Å². The van der Waals surface area contributed by atoms with Crippen molar-refractivity contribution in [1.82, 2.24) is 4.98 Å². The van der Waals surface area contributed by atoms with Crippen molar-refractivity contribution in [3.05, 3.63) is 79.0 Å². The van der Waals surface area contributed by atoms with Crippen LogP contribution in [-0.4, -0.2) is 43.3 Å². The number of aromatic nitrogens is 1. The van der Waals surface area contributed by atoms with E-state index in [2.05, 4.69) is 32.8 Å². The number of ether oxygens (including phenoxy) is 2. The molecule has 33 heavy (non-hydrogen) atoms. The summed E-state index contributed by atoms with van der Waals surface area (Å²) in [6.07, 6.45) is 2.68. The zero-order valence-corrected chi connectivity index (χ0v) is 18.2. The average Bonchev–Trinajstić information content (AvgIpc) is 3.30. The van der Waals surface area contributed by atoms with Crippen LogP contribution in [0.5, 0.6) is 5.75 Å². The van der Waals surface area contributed by atoms with Gasteiger partial charge in [-0.15, -0.1) is 0 Å². The summed E-state index contributed by atoms with van der Waals surface area (Å²) in [6.45, 7) is 4.52. The van der Waals surface area contributed by atoms with Crippen LogP contribution in [-0.2, 0) is 9.53 Å². The SMILES string of the molecule is C=CC(=O)Nc1cccc(NC2=NC(Nc3ccc(OCCOC)cc3)Nc3[nH]ccc32)c1. The highest BCUT2D eigenvalue weighted by atomic mass is 16.5. The van der Waals surface area contributed by atoms with Crippen LogP contribution in [0.15, 0.2) is 78.4 Å². The van der Waals surface area contributed by atoms with Gasteiger partial charge < -0.3 is 35.7 Å². The zero-order valence-electron chi connectivity index (χ0n) is 18.2. The maximum atomic E-state index is 11.6. The summed E-state index contributed by atoms with van der Waals surface area (Å²) in [7, 11) is 1.64. The molecule has 0 saturated heterocycles. The molecule has 1 aliphatic heterocycles. The summed E-state index contributed by atoms with van der Waals surface area (Å²) in [6, 6.07) is 17.0. The molecule has 0 fully saturated rings. The third-order valence-electron chi connectivity index (χ3n) is 4.83. The molecule has 170 valence electrons. The molecular weight excluding hydrogens is 420 g/mol. The number of rotatable bonds is 9. The van der Waals surface area contributed by atoms with Crippen LogP contribution in [0, 0.1) is 0 Å². The Kier molecular flexibility index (Phi) is 6.91. The van der Waals surface area contributed by atoms with E-state index in [0.717, 1.165) is 28.5 Å². The first-order valence-corrected chi connectivity index (χ1v) is 10.5. The van der Waals surface area contributed by atoms with Gasteiger partial charge in [-0.05, 0) is 54.6 Å². The Balaban J connectivity index is 1.47. The first-order chi connectivity index (χ1) is 16.1. The number of methoxy groups -OCH3 is 1. The van der Waals surface area contributed by atoms with Gasteiger partial charge in [-0.2, -0.15) is 0 Å². The number of benzene rings is 2. The van der Waals surface area contributed by atoms with E-state index >= 15 is 0 Å². The lowest BCUT2D eigenvalue weighted by atomic mass is 10.2. The lowest BCUT2D eigenvalue weighted by Crippen LogP contribution is -2.34. The average molecular weight is 447 g/mol. The maximum absolute atomic E-state index is 11.6. The van der Waals surface area contributed by atoms with Gasteiger partial charge in [0.2, 0.25) is 5.91 Å². The van der Waals surface area contributed by atoms with Gasteiger partial charge in [0.25, 0.3) is 0 Å². The van der Waals surface area contributed by atoms with Crippen molar-refractivity contribution in [3.8, 4) is 5.75 Å². The Morgan fingerprint density at radius 1 is 1.12 bits per heavy atom. The Bertz CT molecular complexity index is 1140. The minimum absolute atomic E-state index is 0.265. The molecule has 1 aliphatic rings. The number of anilines is 4. The number of hydrogen-bond donors (Lipinski definition) is 5. The van der Waals surface area contributed by atoms with Crippen LogP contribution in [0.3, 0.4) is 0 Å². The molecule has 3 aromatic rings. The number of amidine groups is 1. The molecule has 1 amide bonds. The molecule has 0 saturated carbocycles. The van der Waals surface area contributed by atoms with E-state index in [1.807, 2.05) is 60.8 Å². The highest BCUT2D eigenvalue weighted by molar-refractivity contribution is 6.12. The molecule has 0 bridgehead atoms. The quantitative estimate of drug-likeness (QED) is 0.252. The van der Waals surface area contributed by atoms with Gasteiger partial charge >= 0.3 is 0 Å². The van der Waals surface area contributed by atoms with Crippen LogP contribution in [0.4, 0.5) is 22.9 Å². The van der Waals surface area contributed by atoms with Crippen LogP contribution in [0.2, 0.25) is 0 Å². The number of nitrogens with zero attached hydrogens (tertiary/aromatic N) is 1.